The van der Waals surface area contributed by atoms with E-state index >= 15 is 0 Å². The van der Waals surface area contributed by atoms with Crippen molar-refractivity contribution in [3.63, 3.8) is 0 Å². The average Bonchev–Trinajstić information content (AvgIpc) is 2.67. The first-order valence-electron chi connectivity index (χ1n) is 4.96. The van der Waals surface area contributed by atoms with Crippen LogP contribution in [-0.2, 0) is 0 Å². The van der Waals surface area contributed by atoms with Crippen molar-refractivity contribution in [3.05, 3.63) is 35.7 Å². The molecule has 2 heterocycles. The van der Waals surface area contributed by atoms with E-state index in [4.69, 9.17) is 10.9 Å². The summed E-state index contributed by atoms with van der Waals surface area (Å²) in [5, 5.41) is 15.7. The van der Waals surface area contributed by atoms with Crippen LogP contribution in [0.3, 0.4) is 0 Å². The molecule has 0 aromatic carbocycles. The van der Waals surface area contributed by atoms with Gasteiger partial charge in [0.15, 0.2) is 5.84 Å². The van der Waals surface area contributed by atoms with Gasteiger partial charge in [0, 0.05) is 6.20 Å². The lowest BCUT2D eigenvalue weighted by molar-refractivity contribution is 0.318. The molecule has 0 aliphatic heterocycles. The maximum absolute atomic E-state index is 8.60. The van der Waals surface area contributed by atoms with Gasteiger partial charge in [-0.2, -0.15) is 5.10 Å². The molecule has 0 bridgehead atoms. The second kappa shape index (κ2) is 4.20. The van der Waals surface area contributed by atoms with Crippen molar-refractivity contribution in [2.45, 2.75) is 13.8 Å². The lowest BCUT2D eigenvalue weighted by atomic mass is 10.3. The smallest absolute Gasteiger partial charge is 0.188 e. The molecule has 0 atom stereocenters. The monoisotopic (exact) mass is 232 g/mol. The molecule has 7 heteroatoms. The average molecular weight is 232 g/mol. The molecule has 0 spiro atoms. The van der Waals surface area contributed by atoms with E-state index in [1.165, 1.54) is 0 Å². The molecule has 0 saturated heterocycles. The maximum atomic E-state index is 8.60. The molecule has 0 radical (unpaired) electrons. The van der Waals surface area contributed by atoms with E-state index in [9.17, 15) is 0 Å². The number of pyridine rings is 1. The van der Waals surface area contributed by atoms with Crippen LogP contribution in [0, 0.1) is 13.8 Å². The third-order valence-electron chi connectivity index (χ3n) is 2.23. The lowest BCUT2D eigenvalue weighted by Crippen LogP contribution is -2.15. The molecular weight excluding hydrogens is 220 g/mol. The molecule has 0 fully saturated rings. The first kappa shape index (κ1) is 11.1. The van der Waals surface area contributed by atoms with Crippen molar-refractivity contribution in [3.8, 4) is 5.69 Å². The zero-order chi connectivity index (χ0) is 12.4. The summed E-state index contributed by atoms with van der Waals surface area (Å²) in [4.78, 5) is 8.20. The van der Waals surface area contributed by atoms with E-state index in [1.54, 1.807) is 23.0 Å². The Morgan fingerprint density at radius 3 is 2.82 bits per heavy atom. The summed E-state index contributed by atoms with van der Waals surface area (Å²) in [6.07, 6.45) is 1.57. The van der Waals surface area contributed by atoms with Crippen molar-refractivity contribution < 1.29 is 5.21 Å². The zero-order valence-corrected chi connectivity index (χ0v) is 9.49. The Bertz CT molecular complexity index is 574. The van der Waals surface area contributed by atoms with Crippen LogP contribution in [0.25, 0.3) is 5.69 Å². The topological polar surface area (TPSA) is 102 Å². The van der Waals surface area contributed by atoms with Crippen LogP contribution in [0.2, 0.25) is 0 Å². The van der Waals surface area contributed by atoms with Gasteiger partial charge in [0.2, 0.25) is 0 Å². The van der Waals surface area contributed by atoms with Crippen LogP contribution in [-0.4, -0.2) is 30.8 Å². The minimum Gasteiger partial charge on any atom is -0.409 e. The number of nitrogens with zero attached hydrogens (tertiary/aromatic N) is 5. The molecule has 0 amide bonds. The van der Waals surface area contributed by atoms with E-state index in [-0.39, 0.29) is 5.84 Å². The van der Waals surface area contributed by atoms with Gasteiger partial charge in [0.05, 0.1) is 5.69 Å². The van der Waals surface area contributed by atoms with E-state index in [1.807, 2.05) is 13.8 Å². The molecule has 0 unspecified atom stereocenters. The standard InChI is InChI=1S/C10H12N6O/c1-6-13-7(2)16(14-6)8-3-4-12-9(5-8)10(11)15-17/h3-5,17H,1-2H3,(H2,11,15). The summed E-state index contributed by atoms with van der Waals surface area (Å²) < 4.78 is 1.67. The van der Waals surface area contributed by atoms with Crippen LogP contribution in [0.1, 0.15) is 17.3 Å². The number of aryl methyl sites for hydroxylation is 2. The van der Waals surface area contributed by atoms with Gasteiger partial charge < -0.3 is 10.9 Å². The van der Waals surface area contributed by atoms with Gasteiger partial charge in [-0.05, 0) is 26.0 Å². The Hall–Kier alpha value is -2.44. The second-order valence-corrected chi connectivity index (χ2v) is 3.50. The minimum absolute atomic E-state index is 0.0404. The third-order valence-corrected chi connectivity index (χ3v) is 2.23. The molecule has 0 aliphatic carbocycles. The molecule has 2 aromatic rings. The molecule has 2 rings (SSSR count). The Morgan fingerprint density at radius 1 is 1.47 bits per heavy atom. The van der Waals surface area contributed by atoms with Crippen LogP contribution >= 0.6 is 0 Å². The number of hydrogen-bond donors (Lipinski definition) is 2. The quantitative estimate of drug-likeness (QED) is 0.337. The lowest BCUT2D eigenvalue weighted by Gasteiger charge is -2.04. The van der Waals surface area contributed by atoms with Crippen molar-refractivity contribution >= 4 is 5.84 Å². The summed E-state index contributed by atoms with van der Waals surface area (Å²) in [6, 6.07) is 3.45. The predicted octanol–water partition coefficient (Wildman–Crippen LogP) is 0.374. The summed E-state index contributed by atoms with van der Waals surface area (Å²) in [5.41, 5.74) is 6.63. The fourth-order valence-corrected chi connectivity index (χ4v) is 1.51. The van der Waals surface area contributed by atoms with Crippen LogP contribution in [0.5, 0.6) is 0 Å². The first-order chi connectivity index (χ1) is 8.11. The van der Waals surface area contributed by atoms with Crippen molar-refractivity contribution in [1.29, 1.82) is 0 Å². The van der Waals surface area contributed by atoms with Crippen LogP contribution in [0.4, 0.5) is 0 Å². The Balaban J connectivity index is 2.50. The number of nitrogens with two attached hydrogens (primary N) is 1. The highest BCUT2D eigenvalue weighted by Gasteiger charge is 2.07. The van der Waals surface area contributed by atoms with E-state index in [2.05, 4.69) is 20.2 Å². The normalized spacial score (nSPS) is 11.8. The second-order valence-electron chi connectivity index (χ2n) is 3.50. The summed E-state index contributed by atoms with van der Waals surface area (Å²) in [5.74, 6) is 1.41. The molecule has 88 valence electrons. The van der Waals surface area contributed by atoms with Crippen LogP contribution in [0.15, 0.2) is 23.5 Å². The molecule has 7 nitrogen and oxygen atoms in total. The summed E-state index contributed by atoms with van der Waals surface area (Å²) in [7, 11) is 0. The highest BCUT2D eigenvalue weighted by atomic mass is 16.4. The van der Waals surface area contributed by atoms with Gasteiger partial charge in [0.25, 0.3) is 0 Å². The number of amidine groups is 1. The Labute approximate surface area is 97.6 Å². The number of oxime groups is 1. The fraction of sp³-hybridized carbons (Fsp3) is 0.200. The van der Waals surface area contributed by atoms with Gasteiger partial charge in [-0.25, -0.2) is 9.67 Å². The van der Waals surface area contributed by atoms with Gasteiger partial charge in [0.1, 0.15) is 17.3 Å². The Kier molecular flexibility index (Phi) is 2.73. The summed E-state index contributed by atoms with van der Waals surface area (Å²) >= 11 is 0. The van der Waals surface area contributed by atoms with Crippen molar-refractivity contribution in [2.75, 3.05) is 0 Å². The first-order valence-corrected chi connectivity index (χ1v) is 4.96. The van der Waals surface area contributed by atoms with Crippen molar-refractivity contribution in [2.24, 2.45) is 10.9 Å². The highest BCUT2D eigenvalue weighted by Crippen LogP contribution is 2.09. The molecule has 17 heavy (non-hydrogen) atoms. The molecule has 3 N–H and O–H groups in total. The number of aromatic nitrogens is 4. The van der Waals surface area contributed by atoms with E-state index < -0.39 is 0 Å². The van der Waals surface area contributed by atoms with E-state index in [0.717, 1.165) is 11.5 Å². The van der Waals surface area contributed by atoms with Gasteiger partial charge >= 0.3 is 0 Å². The van der Waals surface area contributed by atoms with Gasteiger partial charge in [-0.1, -0.05) is 5.16 Å². The number of rotatable bonds is 2. The largest absolute Gasteiger partial charge is 0.409 e. The molecule has 0 saturated carbocycles. The molecule has 0 aliphatic rings. The third kappa shape index (κ3) is 2.07. The SMILES string of the molecule is Cc1nc(C)n(-c2ccnc(C(N)=NO)c2)n1. The Morgan fingerprint density at radius 2 is 2.24 bits per heavy atom. The van der Waals surface area contributed by atoms with Crippen molar-refractivity contribution in [1.82, 2.24) is 19.7 Å². The minimum atomic E-state index is -0.0404. The number of hydrogen-bond acceptors (Lipinski definition) is 5. The molecular formula is C10H12N6O. The highest BCUT2D eigenvalue weighted by molar-refractivity contribution is 5.95. The predicted molar refractivity (Wildman–Crippen MR) is 61.1 cm³/mol. The van der Waals surface area contributed by atoms with Crippen LogP contribution < -0.4 is 5.73 Å². The van der Waals surface area contributed by atoms with E-state index in [0.29, 0.717) is 11.5 Å². The van der Waals surface area contributed by atoms with Gasteiger partial charge in [-0.15, -0.1) is 0 Å². The summed E-state index contributed by atoms with van der Waals surface area (Å²) in [6.45, 7) is 3.67. The molecule has 2 aromatic heterocycles. The van der Waals surface area contributed by atoms with Gasteiger partial charge in [-0.3, -0.25) is 4.98 Å². The maximum Gasteiger partial charge on any atom is 0.188 e. The zero-order valence-electron chi connectivity index (χ0n) is 9.49. The fourth-order valence-electron chi connectivity index (χ4n) is 1.51.